The van der Waals surface area contributed by atoms with Gasteiger partial charge in [0.25, 0.3) is 0 Å². The van der Waals surface area contributed by atoms with E-state index in [-0.39, 0.29) is 10.8 Å². The van der Waals surface area contributed by atoms with Crippen molar-refractivity contribution in [2.24, 2.45) is 5.73 Å². The van der Waals surface area contributed by atoms with Gasteiger partial charge in [0, 0.05) is 24.8 Å². The van der Waals surface area contributed by atoms with Gasteiger partial charge in [0.05, 0.1) is 0 Å². The largest absolute Gasteiger partial charge is 0.389 e. The molecule has 0 unspecified atom stereocenters. The van der Waals surface area contributed by atoms with Crippen LogP contribution in [0, 0.1) is 5.82 Å². The van der Waals surface area contributed by atoms with Crippen LogP contribution in [0.3, 0.4) is 0 Å². The van der Waals surface area contributed by atoms with Gasteiger partial charge in [-0.3, -0.25) is 0 Å². The van der Waals surface area contributed by atoms with Crippen LogP contribution in [0.2, 0.25) is 0 Å². The summed E-state index contributed by atoms with van der Waals surface area (Å²) in [5, 5.41) is 0. The minimum Gasteiger partial charge on any atom is -0.389 e. The number of anilines is 1. The fraction of sp³-hybridized carbons (Fsp3) is 0.235. The third-order valence-corrected chi connectivity index (χ3v) is 3.75. The maximum Gasteiger partial charge on any atom is 0.123 e. The smallest absolute Gasteiger partial charge is 0.123 e. The van der Waals surface area contributed by atoms with E-state index in [4.69, 9.17) is 18.0 Å². The second-order valence-electron chi connectivity index (χ2n) is 5.04. The first-order chi connectivity index (χ1) is 10.0. The van der Waals surface area contributed by atoms with Crippen LogP contribution in [-0.4, -0.2) is 12.0 Å². The Labute approximate surface area is 130 Å². The normalized spacial score (nSPS) is 10.4. The van der Waals surface area contributed by atoms with Crippen LogP contribution >= 0.6 is 12.2 Å². The van der Waals surface area contributed by atoms with E-state index in [1.54, 1.807) is 6.07 Å². The lowest BCUT2D eigenvalue weighted by Gasteiger charge is -2.21. The van der Waals surface area contributed by atoms with Gasteiger partial charge in [0.2, 0.25) is 0 Å². The lowest BCUT2D eigenvalue weighted by Crippen LogP contribution is -2.20. The quantitative estimate of drug-likeness (QED) is 0.855. The lowest BCUT2D eigenvalue weighted by atomic mass is 10.1. The molecule has 21 heavy (non-hydrogen) atoms. The third kappa shape index (κ3) is 3.79. The first-order valence-electron chi connectivity index (χ1n) is 6.89. The standard InChI is InChI=1S/C17H19FN2S/c1-3-12-4-8-15(9-5-12)20(2)11-13-6-7-14(18)10-16(13)17(19)21/h4-10H,3,11H2,1-2H3,(H2,19,21). The van der Waals surface area contributed by atoms with E-state index in [0.717, 1.165) is 17.7 Å². The second-order valence-corrected chi connectivity index (χ2v) is 5.48. The number of benzene rings is 2. The van der Waals surface area contributed by atoms with Crippen molar-refractivity contribution in [2.45, 2.75) is 19.9 Å². The van der Waals surface area contributed by atoms with Crippen LogP contribution in [0.5, 0.6) is 0 Å². The summed E-state index contributed by atoms with van der Waals surface area (Å²) in [4.78, 5) is 2.31. The highest BCUT2D eigenvalue weighted by atomic mass is 32.1. The van der Waals surface area contributed by atoms with Crippen molar-refractivity contribution in [1.29, 1.82) is 0 Å². The van der Waals surface area contributed by atoms with E-state index in [1.807, 2.05) is 7.05 Å². The molecule has 2 N–H and O–H groups in total. The maximum absolute atomic E-state index is 13.3. The molecule has 4 heteroatoms. The van der Waals surface area contributed by atoms with Gasteiger partial charge in [0.15, 0.2) is 0 Å². The van der Waals surface area contributed by atoms with Crippen LogP contribution in [0.25, 0.3) is 0 Å². The summed E-state index contributed by atoms with van der Waals surface area (Å²) in [6.07, 6.45) is 1.02. The molecule has 2 nitrogen and oxygen atoms in total. The van der Waals surface area contributed by atoms with Gasteiger partial charge >= 0.3 is 0 Å². The number of nitrogens with two attached hydrogens (primary N) is 1. The summed E-state index contributed by atoms with van der Waals surface area (Å²) >= 11 is 5.00. The van der Waals surface area contributed by atoms with E-state index in [9.17, 15) is 4.39 Å². The fourth-order valence-electron chi connectivity index (χ4n) is 2.25. The van der Waals surface area contributed by atoms with E-state index in [0.29, 0.717) is 12.1 Å². The van der Waals surface area contributed by atoms with Crippen molar-refractivity contribution in [2.75, 3.05) is 11.9 Å². The van der Waals surface area contributed by atoms with E-state index >= 15 is 0 Å². The van der Waals surface area contributed by atoms with Gasteiger partial charge in [-0.15, -0.1) is 0 Å². The third-order valence-electron chi connectivity index (χ3n) is 3.53. The van der Waals surface area contributed by atoms with Gasteiger partial charge < -0.3 is 10.6 Å². The molecule has 0 aliphatic heterocycles. The number of hydrogen-bond acceptors (Lipinski definition) is 2. The Hall–Kier alpha value is -1.94. The first-order valence-corrected chi connectivity index (χ1v) is 7.30. The predicted octanol–water partition coefficient (Wildman–Crippen LogP) is 3.66. The summed E-state index contributed by atoms with van der Waals surface area (Å²) < 4.78 is 13.3. The zero-order chi connectivity index (χ0) is 15.4. The number of nitrogens with zero attached hydrogens (tertiary/aromatic N) is 1. The van der Waals surface area contributed by atoms with Crippen molar-refractivity contribution >= 4 is 22.9 Å². The molecule has 2 rings (SSSR count). The van der Waals surface area contributed by atoms with Gasteiger partial charge in [-0.25, -0.2) is 4.39 Å². The predicted molar refractivity (Wildman–Crippen MR) is 90.2 cm³/mol. The molecule has 2 aromatic carbocycles. The average Bonchev–Trinajstić information content (AvgIpc) is 2.49. The Balaban J connectivity index is 2.22. The van der Waals surface area contributed by atoms with Crippen LogP contribution < -0.4 is 10.6 Å². The zero-order valence-electron chi connectivity index (χ0n) is 12.3. The summed E-state index contributed by atoms with van der Waals surface area (Å²) in [5.74, 6) is -0.323. The molecule has 0 fully saturated rings. The summed E-state index contributed by atoms with van der Waals surface area (Å²) in [5.41, 5.74) is 9.61. The second kappa shape index (κ2) is 6.68. The topological polar surface area (TPSA) is 29.3 Å². The average molecular weight is 302 g/mol. The molecule has 0 amide bonds. The van der Waals surface area contributed by atoms with Crippen molar-refractivity contribution in [3.8, 4) is 0 Å². The molecule has 0 radical (unpaired) electrons. The number of hydrogen-bond donors (Lipinski definition) is 1. The number of thiocarbonyl (C=S) groups is 1. The molecule has 0 aromatic heterocycles. The highest BCUT2D eigenvalue weighted by Crippen LogP contribution is 2.19. The van der Waals surface area contributed by atoms with Crippen molar-refractivity contribution in [3.05, 3.63) is 65.0 Å². The van der Waals surface area contributed by atoms with E-state index in [2.05, 4.69) is 36.1 Å². The molecule has 0 spiro atoms. The Morgan fingerprint density at radius 1 is 1.19 bits per heavy atom. The van der Waals surface area contributed by atoms with Crippen molar-refractivity contribution in [3.63, 3.8) is 0 Å². The SMILES string of the molecule is CCc1ccc(N(C)Cc2ccc(F)cc2C(N)=S)cc1. The van der Waals surface area contributed by atoms with Gasteiger partial charge in [-0.05, 0) is 41.8 Å². The highest BCUT2D eigenvalue weighted by molar-refractivity contribution is 7.80. The van der Waals surface area contributed by atoms with Gasteiger partial charge in [-0.2, -0.15) is 0 Å². The Kier molecular flexibility index (Phi) is 4.91. The Bertz CT molecular complexity index is 638. The molecule has 0 saturated heterocycles. The molecule has 0 aliphatic rings. The minimum absolute atomic E-state index is 0.222. The first kappa shape index (κ1) is 15.4. The van der Waals surface area contributed by atoms with Crippen LogP contribution in [0.15, 0.2) is 42.5 Å². The van der Waals surface area contributed by atoms with E-state index < -0.39 is 0 Å². The minimum atomic E-state index is -0.323. The van der Waals surface area contributed by atoms with Gasteiger partial charge in [-0.1, -0.05) is 37.3 Å². The number of aryl methyl sites for hydroxylation is 1. The molecule has 0 bridgehead atoms. The number of rotatable bonds is 5. The van der Waals surface area contributed by atoms with Gasteiger partial charge in [0.1, 0.15) is 10.8 Å². The summed E-state index contributed by atoms with van der Waals surface area (Å²) in [6.45, 7) is 2.75. The molecule has 2 aromatic rings. The Morgan fingerprint density at radius 3 is 2.43 bits per heavy atom. The van der Waals surface area contributed by atoms with E-state index in [1.165, 1.54) is 17.7 Å². The van der Waals surface area contributed by atoms with Crippen molar-refractivity contribution in [1.82, 2.24) is 0 Å². The molecular formula is C17H19FN2S. The van der Waals surface area contributed by atoms with Crippen LogP contribution in [0.1, 0.15) is 23.6 Å². The van der Waals surface area contributed by atoms with Crippen molar-refractivity contribution < 1.29 is 4.39 Å². The summed E-state index contributed by atoms with van der Waals surface area (Å²) in [7, 11) is 1.99. The fourth-order valence-corrected chi connectivity index (χ4v) is 2.44. The Morgan fingerprint density at radius 2 is 1.86 bits per heavy atom. The molecule has 0 atom stereocenters. The van der Waals surface area contributed by atoms with Crippen LogP contribution in [-0.2, 0) is 13.0 Å². The molecular weight excluding hydrogens is 283 g/mol. The molecule has 0 heterocycles. The highest BCUT2D eigenvalue weighted by Gasteiger charge is 2.10. The molecule has 110 valence electrons. The lowest BCUT2D eigenvalue weighted by molar-refractivity contribution is 0.626. The zero-order valence-corrected chi connectivity index (χ0v) is 13.1. The molecule has 0 saturated carbocycles. The molecule has 0 aliphatic carbocycles. The van der Waals surface area contributed by atoms with Crippen LogP contribution in [0.4, 0.5) is 10.1 Å². The monoisotopic (exact) mass is 302 g/mol. The maximum atomic E-state index is 13.3. The number of halogens is 1. The summed E-state index contributed by atoms with van der Waals surface area (Å²) in [6, 6.07) is 13.0.